The molecule has 0 bridgehead atoms. The van der Waals surface area contributed by atoms with E-state index >= 15 is 0 Å². The molecule has 2 aromatic carbocycles. The van der Waals surface area contributed by atoms with Crippen molar-refractivity contribution in [3.05, 3.63) is 42.5 Å². The zero-order chi connectivity index (χ0) is 23.1. The molecule has 1 saturated carbocycles. The van der Waals surface area contributed by atoms with Gasteiger partial charge in [0.05, 0.1) is 6.17 Å². The van der Waals surface area contributed by atoms with Crippen LogP contribution in [0.4, 0.5) is 10.5 Å². The number of anilines is 1. The first-order valence-corrected chi connectivity index (χ1v) is 12.9. The van der Waals surface area contributed by atoms with Crippen LogP contribution in [0.15, 0.2) is 42.5 Å². The van der Waals surface area contributed by atoms with Gasteiger partial charge in [-0.25, -0.2) is 4.79 Å². The number of fused-ring (bicyclic) bond motifs is 1. The highest BCUT2D eigenvalue weighted by Gasteiger charge is 2.46. The van der Waals surface area contributed by atoms with E-state index in [-0.39, 0.29) is 23.9 Å². The number of nitrogens with one attached hydrogen (secondary N) is 5. The summed E-state index contributed by atoms with van der Waals surface area (Å²) in [4.78, 5) is 12.8. The number of amides is 2. The van der Waals surface area contributed by atoms with Crippen molar-refractivity contribution in [2.75, 3.05) is 12.4 Å². The second-order valence-corrected chi connectivity index (χ2v) is 9.93. The van der Waals surface area contributed by atoms with Crippen molar-refractivity contribution >= 4 is 22.5 Å². The monoisotopic (exact) mass is 451 g/mol. The third kappa shape index (κ3) is 5.86. The predicted octanol–water partition coefficient (Wildman–Crippen LogP) is 5.27. The van der Waals surface area contributed by atoms with Gasteiger partial charge in [0, 0.05) is 17.1 Å². The number of hydrogen-bond donors (Lipinski definition) is 5. The van der Waals surface area contributed by atoms with Crippen LogP contribution in [0.3, 0.4) is 0 Å². The number of carbonyl (C=O) groups excluding carboxylic acids is 1. The van der Waals surface area contributed by atoms with Gasteiger partial charge < -0.3 is 16.0 Å². The minimum absolute atomic E-state index is 0.145. The number of carbonyl (C=O) groups is 1. The topological polar surface area (TPSA) is 77.2 Å². The fraction of sp³-hybridized carbons (Fsp3) is 0.593. The van der Waals surface area contributed by atoms with E-state index in [0.717, 1.165) is 16.5 Å². The van der Waals surface area contributed by atoms with Gasteiger partial charge >= 0.3 is 6.03 Å². The van der Waals surface area contributed by atoms with Crippen LogP contribution in [0, 0.1) is 5.41 Å². The lowest BCUT2D eigenvalue weighted by molar-refractivity contribution is 0.0187. The SMILES string of the molecule is CNC1NC(NC(=O)Nc2ccc3ccccc3c2)NC(C)C12CCCCCCCCCC2. The minimum Gasteiger partial charge on any atom is -0.310 e. The van der Waals surface area contributed by atoms with Crippen LogP contribution in [0.2, 0.25) is 0 Å². The fourth-order valence-electron chi connectivity index (χ4n) is 5.88. The molecule has 1 aliphatic carbocycles. The second kappa shape index (κ2) is 11.3. The molecule has 6 nitrogen and oxygen atoms in total. The molecule has 1 heterocycles. The first-order chi connectivity index (χ1) is 16.1. The summed E-state index contributed by atoms with van der Waals surface area (Å²) in [5, 5.41) is 19.2. The van der Waals surface area contributed by atoms with Crippen molar-refractivity contribution in [3.8, 4) is 0 Å². The Morgan fingerprint density at radius 2 is 1.52 bits per heavy atom. The van der Waals surface area contributed by atoms with Crippen molar-refractivity contribution in [2.24, 2.45) is 5.41 Å². The van der Waals surface area contributed by atoms with Gasteiger partial charge in [-0.3, -0.25) is 10.6 Å². The Morgan fingerprint density at radius 3 is 2.18 bits per heavy atom. The maximum Gasteiger partial charge on any atom is 0.321 e. The fourth-order valence-corrected chi connectivity index (χ4v) is 5.88. The molecule has 5 N–H and O–H groups in total. The molecular formula is C27H41N5O. The Balaban J connectivity index is 1.39. The van der Waals surface area contributed by atoms with Crippen molar-refractivity contribution in [2.45, 2.75) is 89.6 Å². The number of urea groups is 1. The number of rotatable bonds is 3. The Bertz CT molecular complexity index is 904. The molecule has 1 aliphatic heterocycles. The largest absolute Gasteiger partial charge is 0.321 e. The molecule has 1 saturated heterocycles. The average molecular weight is 452 g/mol. The molecule has 2 aliphatic rings. The highest BCUT2D eigenvalue weighted by atomic mass is 16.2. The molecule has 4 rings (SSSR count). The molecule has 2 aromatic rings. The van der Waals surface area contributed by atoms with Crippen LogP contribution in [0.1, 0.15) is 71.1 Å². The van der Waals surface area contributed by atoms with E-state index in [1.807, 2.05) is 37.4 Å². The summed E-state index contributed by atoms with van der Waals surface area (Å²) >= 11 is 0. The van der Waals surface area contributed by atoms with Crippen LogP contribution >= 0.6 is 0 Å². The normalized spacial score (nSPS) is 26.4. The highest BCUT2D eigenvalue weighted by Crippen LogP contribution is 2.40. The van der Waals surface area contributed by atoms with E-state index in [4.69, 9.17) is 0 Å². The molecule has 1 spiro atoms. The molecule has 180 valence electrons. The van der Waals surface area contributed by atoms with Gasteiger partial charge in [-0.1, -0.05) is 81.7 Å². The molecule has 0 aromatic heterocycles. The molecule has 0 radical (unpaired) electrons. The Labute approximate surface area is 198 Å². The van der Waals surface area contributed by atoms with Crippen LogP contribution < -0.4 is 26.6 Å². The van der Waals surface area contributed by atoms with Gasteiger partial charge in [0.2, 0.25) is 0 Å². The zero-order valence-electron chi connectivity index (χ0n) is 20.3. The second-order valence-electron chi connectivity index (χ2n) is 9.93. The Kier molecular flexibility index (Phi) is 8.23. The highest BCUT2D eigenvalue weighted by molar-refractivity contribution is 5.93. The van der Waals surface area contributed by atoms with Crippen LogP contribution in [0.5, 0.6) is 0 Å². The van der Waals surface area contributed by atoms with Crippen molar-refractivity contribution in [1.29, 1.82) is 0 Å². The van der Waals surface area contributed by atoms with E-state index in [1.54, 1.807) is 0 Å². The van der Waals surface area contributed by atoms with Gasteiger partial charge in [-0.15, -0.1) is 0 Å². The average Bonchev–Trinajstić information content (AvgIpc) is 2.87. The van der Waals surface area contributed by atoms with Crippen LogP contribution in [0.25, 0.3) is 10.8 Å². The summed E-state index contributed by atoms with van der Waals surface area (Å²) in [5.41, 5.74) is 0.937. The molecule has 6 heteroatoms. The van der Waals surface area contributed by atoms with E-state index in [2.05, 4.69) is 45.6 Å². The maximum atomic E-state index is 12.8. The lowest BCUT2D eigenvalue weighted by atomic mass is 9.69. The van der Waals surface area contributed by atoms with Gasteiger partial charge in [0.1, 0.15) is 6.29 Å². The van der Waals surface area contributed by atoms with E-state index in [9.17, 15) is 4.79 Å². The zero-order valence-corrected chi connectivity index (χ0v) is 20.3. The molecule has 2 fully saturated rings. The number of hydrogen-bond acceptors (Lipinski definition) is 4. The Morgan fingerprint density at radius 1 is 0.879 bits per heavy atom. The first kappa shape index (κ1) is 24.0. The standard InChI is InChI=1S/C27H41N5O/c1-20-27(17-11-7-5-3-4-6-8-12-18-27)24(28-2)31-25(29-20)32-26(33)30-23-16-15-21-13-9-10-14-22(21)19-23/h9-10,13-16,19-20,24-25,28-29,31H,3-8,11-12,17-18H2,1-2H3,(H2,30,32,33). The summed E-state index contributed by atoms with van der Waals surface area (Å²) < 4.78 is 0. The maximum absolute atomic E-state index is 12.8. The molecular weight excluding hydrogens is 410 g/mol. The van der Waals surface area contributed by atoms with E-state index in [1.165, 1.54) is 64.2 Å². The van der Waals surface area contributed by atoms with Gasteiger partial charge in [-0.2, -0.15) is 0 Å². The lowest BCUT2D eigenvalue weighted by Crippen LogP contribution is -2.75. The Hall–Kier alpha value is -2.15. The van der Waals surface area contributed by atoms with E-state index in [0.29, 0.717) is 6.04 Å². The molecule has 33 heavy (non-hydrogen) atoms. The van der Waals surface area contributed by atoms with Crippen molar-refractivity contribution < 1.29 is 4.79 Å². The third-order valence-electron chi connectivity index (χ3n) is 7.79. The van der Waals surface area contributed by atoms with Gasteiger partial charge in [0.25, 0.3) is 0 Å². The molecule has 2 amide bonds. The molecule has 3 atom stereocenters. The summed E-state index contributed by atoms with van der Waals surface area (Å²) in [5.74, 6) is 0. The smallest absolute Gasteiger partial charge is 0.310 e. The summed E-state index contributed by atoms with van der Waals surface area (Å²) in [6, 6.07) is 14.2. The minimum atomic E-state index is -0.290. The van der Waals surface area contributed by atoms with E-state index < -0.39 is 0 Å². The lowest BCUT2D eigenvalue weighted by Gasteiger charge is -2.52. The van der Waals surface area contributed by atoms with Gasteiger partial charge in [0.15, 0.2) is 0 Å². The van der Waals surface area contributed by atoms with Crippen molar-refractivity contribution in [3.63, 3.8) is 0 Å². The van der Waals surface area contributed by atoms with Gasteiger partial charge in [-0.05, 0) is 49.7 Å². The first-order valence-electron chi connectivity index (χ1n) is 12.9. The van der Waals surface area contributed by atoms with Crippen LogP contribution in [-0.2, 0) is 0 Å². The van der Waals surface area contributed by atoms with Crippen molar-refractivity contribution in [1.82, 2.24) is 21.3 Å². The summed E-state index contributed by atoms with van der Waals surface area (Å²) in [6.07, 6.45) is 12.9. The third-order valence-corrected chi connectivity index (χ3v) is 7.79. The molecule has 3 unspecified atom stereocenters. The van der Waals surface area contributed by atoms with Crippen LogP contribution in [-0.4, -0.2) is 31.6 Å². The predicted molar refractivity (Wildman–Crippen MR) is 137 cm³/mol. The summed E-state index contributed by atoms with van der Waals surface area (Å²) in [7, 11) is 2.04. The number of benzene rings is 2. The summed E-state index contributed by atoms with van der Waals surface area (Å²) in [6.45, 7) is 2.29. The quantitative estimate of drug-likeness (QED) is 0.440.